The van der Waals surface area contributed by atoms with Gasteiger partial charge in [0.2, 0.25) is 5.95 Å². The second-order valence-corrected chi connectivity index (χ2v) is 6.39. The Morgan fingerprint density at radius 2 is 2.07 bits per heavy atom. The van der Waals surface area contributed by atoms with Crippen LogP contribution in [-0.4, -0.2) is 37.7 Å². The Morgan fingerprint density at radius 1 is 1.30 bits per heavy atom. The van der Waals surface area contributed by atoms with E-state index in [2.05, 4.69) is 20.3 Å². The lowest BCUT2D eigenvalue weighted by Gasteiger charge is -2.13. The van der Waals surface area contributed by atoms with Gasteiger partial charge in [0.1, 0.15) is 5.75 Å². The monoisotopic (exact) mass is 367 g/mol. The summed E-state index contributed by atoms with van der Waals surface area (Å²) in [5.41, 5.74) is 3.02. The van der Waals surface area contributed by atoms with Crippen LogP contribution in [0.2, 0.25) is 0 Å². The third kappa shape index (κ3) is 3.89. The number of carboxylic acid groups (broad SMARTS) is 1. The van der Waals surface area contributed by atoms with Crippen LogP contribution in [0, 0.1) is 6.92 Å². The van der Waals surface area contributed by atoms with E-state index in [4.69, 9.17) is 4.74 Å². The second kappa shape index (κ2) is 7.45. The molecule has 0 saturated carbocycles. The zero-order valence-electron chi connectivity index (χ0n) is 15.6. The van der Waals surface area contributed by atoms with Crippen molar-refractivity contribution in [3.05, 3.63) is 53.9 Å². The number of imidazole rings is 1. The number of carbonyl (C=O) groups is 1. The van der Waals surface area contributed by atoms with Gasteiger partial charge in [-0.05, 0) is 25.0 Å². The molecule has 0 spiro atoms. The SMILES string of the molecule is COc1cc(Nc2ncc(C(C)C)c(C(=O)O)n2)ccc1-n1cnc(C)c1. The van der Waals surface area contributed by atoms with Crippen molar-refractivity contribution in [1.29, 1.82) is 0 Å². The van der Waals surface area contributed by atoms with E-state index in [1.807, 2.05) is 43.7 Å². The number of carboxylic acids is 1. The smallest absolute Gasteiger partial charge is 0.354 e. The first-order valence-corrected chi connectivity index (χ1v) is 8.45. The molecular weight excluding hydrogens is 346 g/mol. The highest BCUT2D eigenvalue weighted by Gasteiger charge is 2.17. The van der Waals surface area contributed by atoms with E-state index in [1.165, 1.54) is 0 Å². The minimum Gasteiger partial charge on any atom is -0.494 e. The van der Waals surface area contributed by atoms with Gasteiger partial charge in [-0.25, -0.2) is 19.7 Å². The fourth-order valence-electron chi connectivity index (χ4n) is 2.70. The molecule has 2 aromatic heterocycles. The lowest BCUT2D eigenvalue weighted by Crippen LogP contribution is -2.10. The Kier molecular flexibility index (Phi) is 5.07. The van der Waals surface area contributed by atoms with Crippen molar-refractivity contribution in [1.82, 2.24) is 19.5 Å². The lowest BCUT2D eigenvalue weighted by molar-refractivity contribution is 0.0688. The summed E-state index contributed by atoms with van der Waals surface area (Å²) in [6.07, 6.45) is 5.16. The van der Waals surface area contributed by atoms with Crippen LogP contribution in [0.4, 0.5) is 11.6 Å². The van der Waals surface area contributed by atoms with Crippen molar-refractivity contribution < 1.29 is 14.6 Å². The van der Waals surface area contributed by atoms with E-state index >= 15 is 0 Å². The summed E-state index contributed by atoms with van der Waals surface area (Å²) in [7, 11) is 1.59. The number of nitrogens with zero attached hydrogens (tertiary/aromatic N) is 4. The van der Waals surface area contributed by atoms with Gasteiger partial charge in [-0.1, -0.05) is 13.8 Å². The van der Waals surface area contributed by atoms with Crippen LogP contribution in [-0.2, 0) is 0 Å². The molecular formula is C19H21N5O3. The van der Waals surface area contributed by atoms with E-state index in [0.717, 1.165) is 11.4 Å². The van der Waals surface area contributed by atoms with Crippen LogP contribution < -0.4 is 10.1 Å². The summed E-state index contributed by atoms with van der Waals surface area (Å²) >= 11 is 0. The second-order valence-electron chi connectivity index (χ2n) is 6.39. The van der Waals surface area contributed by atoms with Crippen molar-refractivity contribution in [3.63, 3.8) is 0 Å². The van der Waals surface area contributed by atoms with E-state index in [9.17, 15) is 9.90 Å². The summed E-state index contributed by atoms with van der Waals surface area (Å²) in [6, 6.07) is 5.51. The van der Waals surface area contributed by atoms with Gasteiger partial charge in [-0.3, -0.25) is 0 Å². The molecule has 0 aliphatic rings. The molecule has 2 heterocycles. The molecule has 8 nitrogen and oxygen atoms in total. The average molecular weight is 367 g/mol. The fourth-order valence-corrected chi connectivity index (χ4v) is 2.70. The molecule has 0 unspecified atom stereocenters. The molecule has 0 aliphatic carbocycles. The molecule has 8 heteroatoms. The summed E-state index contributed by atoms with van der Waals surface area (Å²) in [4.78, 5) is 24.1. The number of aromatic nitrogens is 4. The number of rotatable bonds is 6. The number of hydrogen-bond donors (Lipinski definition) is 2. The maximum atomic E-state index is 11.5. The number of nitrogens with one attached hydrogen (secondary N) is 1. The highest BCUT2D eigenvalue weighted by molar-refractivity contribution is 5.87. The number of anilines is 2. The number of ether oxygens (including phenoxy) is 1. The minimum atomic E-state index is -1.08. The molecule has 27 heavy (non-hydrogen) atoms. The van der Waals surface area contributed by atoms with Gasteiger partial charge in [-0.15, -0.1) is 0 Å². The maximum absolute atomic E-state index is 11.5. The van der Waals surface area contributed by atoms with Gasteiger partial charge >= 0.3 is 5.97 Å². The standard InChI is InChI=1S/C19H21N5O3/c1-11(2)14-8-20-19(23-17(14)18(25)26)22-13-5-6-15(16(7-13)27-4)24-9-12(3)21-10-24/h5-11H,1-4H3,(H,25,26)(H,20,22,23). The minimum absolute atomic E-state index is 0.0000224. The quantitative estimate of drug-likeness (QED) is 0.687. The number of hydrogen-bond acceptors (Lipinski definition) is 6. The van der Waals surface area contributed by atoms with Crippen molar-refractivity contribution in [2.24, 2.45) is 0 Å². The fraction of sp³-hybridized carbons (Fsp3) is 0.263. The molecule has 3 rings (SSSR count). The topological polar surface area (TPSA) is 102 Å². The van der Waals surface area contributed by atoms with Crippen LogP contribution in [0.1, 0.15) is 41.5 Å². The number of methoxy groups -OCH3 is 1. The number of benzene rings is 1. The van der Waals surface area contributed by atoms with Crippen molar-refractivity contribution in [2.75, 3.05) is 12.4 Å². The Bertz CT molecular complexity index is 981. The molecule has 0 amide bonds. The van der Waals surface area contributed by atoms with E-state index in [-0.39, 0.29) is 17.6 Å². The van der Waals surface area contributed by atoms with Crippen LogP contribution in [0.15, 0.2) is 36.9 Å². The third-order valence-electron chi connectivity index (χ3n) is 4.07. The van der Waals surface area contributed by atoms with Crippen molar-refractivity contribution in [2.45, 2.75) is 26.7 Å². The molecule has 0 radical (unpaired) electrons. The number of aromatic carboxylic acids is 1. The summed E-state index contributed by atoms with van der Waals surface area (Å²) in [5, 5.41) is 12.4. The molecule has 2 N–H and O–H groups in total. The third-order valence-corrected chi connectivity index (χ3v) is 4.07. The zero-order valence-corrected chi connectivity index (χ0v) is 15.6. The van der Waals surface area contributed by atoms with Crippen LogP contribution in [0.3, 0.4) is 0 Å². The van der Waals surface area contributed by atoms with Crippen LogP contribution >= 0.6 is 0 Å². The molecule has 0 fully saturated rings. The van der Waals surface area contributed by atoms with E-state index in [0.29, 0.717) is 17.0 Å². The van der Waals surface area contributed by atoms with Gasteiger partial charge in [-0.2, -0.15) is 0 Å². The Morgan fingerprint density at radius 3 is 2.67 bits per heavy atom. The molecule has 3 aromatic rings. The molecule has 1 aromatic carbocycles. The predicted octanol–water partition coefficient (Wildman–Crippen LogP) is 3.54. The van der Waals surface area contributed by atoms with E-state index < -0.39 is 5.97 Å². The molecule has 0 bridgehead atoms. The first kappa shape index (κ1) is 18.4. The molecule has 140 valence electrons. The normalized spacial score (nSPS) is 10.9. The molecule has 0 atom stereocenters. The van der Waals surface area contributed by atoms with Crippen molar-refractivity contribution in [3.8, 4) is 11.4 Å². The first-order chi connectivity index (χ1) is 12.9. The van der Waals surface area contributed by atoms with Gasteiger partial charge in [0.25, 0.3) is 0 Å². The Hall–Kier alpha value is -3.42. The van der Waals surface area contributed by atoms with Gasteiger partial charge in [0.15, 0.2) is 5.69 Å². The predicted molar refractivity (Wildman–Crippen MR) is 101 cm³/mol. The average Bonchev–Trinajstić information content (AvgIpc) is 3.07. The van der Waals surface area contributed by atoms with Crippen LogP contribution in [0.25, 0.3) is 5.69 Å². The van der Waals surface area contributed by atoms with Gasteiger partial charge < -0.3 is 19.7 Å². The highest BCUT2D eigenvalue weighted by Crippen LogP contribution is 2.28. The van der Waals surface area contributed by atoms with Crippen molar-refractivity contribution >= 4 is 17.6 Å². The molecule has 0 aliphatic heterocycles. The maximum Gasteiger partial charge on any atom is 0.354 e. The summed E-state index contributed by atoms with van der Waals surface area (Å²) < 4.78 is 7.35. The summed E-state index contributed by atoms with van der Waals surface area (Å²) in [6.45, 7) is 5.72. The lowest BCUT2D eigenvalue weighted by atomic mass is 10.0. The summed E-state index contributed by atoms with van der Waals surface area (Å²) in [5.74, 6) is -0.213. The largest absolute Gasteiger partial charge is 0.494 e. The Labute approximate surface area is 156 Å². The molecule has 0 saturated heterocycles. The zero-order chi connectivity index (χ0) is 19.6. The van der Waals surface area contributed by atoms with E-state index in [1.54, 1.807) is 25.7 Å². The first-order valence-electron chi connectivity index (χ1n) is 8.45. The van der Waals surface area contributed by atoms with Crippen LogP contribution in [0.5, 0.6) is 5.75 Å². The number of aryl methyl sites for hydroxylation is 1. The van der Waals surface area contributed by atoms with Gasteiger partial charge in [0, 0.05) is 29.7 Å². The Balaban J connectivity index is 1.92. The highest BCUT2D eigenvalue weighted by atomic mass is 16.5. The van der Waals surface area contributed by atoms with Gasteiger partial charge in [0.05, 0.1) is 24.8 Å².